The van der Waals surface area contributed by atoms with Gasteiger partial charge in [-0.2, -0.15) is 0 Å². The molecule has 0 bridgehead atoms. The van der Waals surface area contributed by atoms with Crippen molar-refractivity contribution >= 4 is 43.5 Å². The number of carboxylic acids is 1. The quantitative estimate of drug-likeness (QED) is 0.801. The van der Waals surface area contributed by atoms with Crippen LogP contribution in [-0.4, -0.2) is 17.2 Å². The summed E-state index contributed by atoms with van der Waals surface area (Å²) in [6.45, 7) is 3.59. The van der Waals surface area contributed by atoms with Crippen LogP contribution >= 0.6 is 31.9 Å². The lowest BCUT2D eigenvalue weighted by Crippen LogP contribution is -2.26. The van der Waals surface area contributed by atoms with Crippen molar-refractivity contribution in [3.8, 4) is 5.75 Å². The Balaban J connectivity index is 3.14. The van der Waals surface area contributed by atoms with E-state index in [-0.39, 0.29) is 0 Å². The molecule has 0 fully saturated rings. The fourth-order valence-electron chi connectivity index (χ4n) is 1.27. The summed E-state index contributed by atoms with van der Waals surface area (Å²) in [4.78, 5) is 10.9. The van der Waals surface area contributed by atoms with Crippen LogP contribution in [0.1, 0.15) is 18.9 Å². The van der Waals surface area contributed by atoms with Gasteiger partial charge in [-0.25, -0.2) is 4.79 Å². The summed E-state index contributed by atoms with van der Waals surface area (Å²) >= 11 is 6.67. The molecule has 0 saturated heterocycles. The van der Waals surface area contributed by atoms with Crippen molar-refractivity contribution in [2.75, 3.05) is 5.73 Å². The molecule has 0 aliphatic carbocycles. The monoisotopic (exact) mass is 365 g/mol. The van der Waals surface area contributed by atoms with Crippen molar-refractivity contribution in [3.63, 3.8) is 0 Å². The zero-order valence-corrected chi connectivity index (χ0v) is 12.6. The van der Waals surface area contributed by atoms with E-state index in [9.17, 15) is 4.79 Å². The molecular formula is C11H13Br2NO3. The van der Waals surface area contributed by atoms with E-state index in [0.29, 0.717) is 26.8 Å². The van der Waals surface area contributed by atoms with E-state index in [4.69, 9.17) is 15.6 Å². The molecule has 1 atom stereocenters. The van der Waals surface area contributed by atoms with Gasteiger partial charge >= 0.3 is 5.97 Å². The second-order valence-electron chi connectivity index (χ2n) is 3.57. The van der Waals surface area contributed by atoms with Gasteiger partial charge in [-0.1, -0.05) is 6.92 Å². The lowest BCUT2D eigenvalue weighted by atomic mass is 10.2. The van der Waals surface area contributed by atoms with Crippen molar-refractivity contribution in [1.82, 2.24) is 0 Å². The zero-order chi connectivity index (χ0) is 13.2. The summed E-state index contributed by atoms with van der Waals surface area (Å²) in [5, 5.41) is 8.96. The van der Waals surface area contributed by atoms with Crippen molar-refractivity contribution in [1.29, 1.82) is 0 Å². The summed E-state index contributed by atoms with van der Waals surface area (Å²) in [6.07, 6.45) is -0.483. The minimum Gasteiger partial charge on any atom is -0.479 e. The van der Waals surface area contributed by atoms with Crippen molar-refractivity contribution in [2.24, 2.45) is 0 Å². The van der Waals surface area contributed by atoms with Gasteiger partial charge in [0.15, 0.2) is 6.10 Å². The van der Waals surface area contributed by atoms with Crippen LogP contribution in [0, 0.1) is 6.92 Å². The topological polar surface area (TPSA) is 72.5 Å². The summed E-state index contributed by atoms with van der Waals surface area (Å²) in [7, 11) is 0. The molecule has 1 aromatic carbocycles. The number of benzene rings is 1. The van der Waals surface area contributed by atoms with E-state index >= 15 is 0 Å². The van der Waals surface area contributed by atoms with Crippen LogP contribution in [0.4, 0.5) is 5.69 Å². The van der Waals surface area contributed by atoms with Crippen molar-refractivity contribution in [2.45, 2.75) is 26.4 Å². The molecule has 6 heteroatoms. The molecule has 1 unspecified atom stereocenters. The predicted molar refractivity (Wildman–Crippen MR) is 73.3 cm³/mol. The fraction of sp³-hybridized carbons (Fsp3) is 0.364. The molecular weight excluding hydrogens is 354 g/mol. The van der Waals surface area contributed by atoms with E-state index in [1.54, 1.807) is 13.0 Å². The molecule has 4 nitrogen and oxygen atoms in total. The Kier molecular flexibility index (Phi) is 4.82. The minimum absolute atomic E-state index is 0.387. The predicted octanol–water partition coefficient (Wildman–Crippen LogP) is 3.34. The number of hydrogen-bond donors (Lipinski definition) is 2. The van der Waals surface area contributed by atoms with Crippen LogP contribution in [0.2, 0.25) is 0 Å². The SMILES string of the molecule is CCC(Oc1c(Br)cc(N)c(C)c1Br)C(=O)O. The molecule has 0 aromatic heterocycles. The van der Waals surface area contributed by atoms with Crippen LogP contribution in [-0.2, 0) is 4.79 Å². The number of ether oxygens (including phenoxy) is 1. The maximum absolute atomic E-state index is 10.9. The average Bonchev–Trinajstić information content (AvgIpc) is 2.26. The molecule has 0 saturated carbocycles. The highest BCUT2D eigenvalue weighted by Crippen LogP contribution is 2.39. The molecule has 94 valence electrons. The number of halogens is 2. The van der Waals surface area contributed by atoms with Gasteiger partial charge in [-0.15, -0.1) is 0 Å². The first-order chi connectivity index (χ1) is 7.88. The number of anilines is 1. The highest BCUT2D eigenvalue weighted by Gasteiger charge is 2.21. The highest BCUT2D eigenvalue weighted by molar-refractivity contribution is 9.11. The van der Waals surface area contributed by atoms with Crippen LogP contribution in [0.5, 0.6) is 5.75 Å². The molecule has 3 N–H and O–H groups in total. The Hall–Kier alpha value is -0.750. The maximum atomic E-state index is 10.9. The number of hydrogen-bond acceptors (Lipinski definition) is 3. The number of carbonyl (C=O) groups is 1. The normalized spacial score (nSPS) is 12.2. The molecule has 0 aliphatic rings. The number of aliphatic carboxylic acids is 1. The van der Waals surface area contributed by atoms with E-state index in [1.165, 1.54) is 0 Å². The minimum atomic E-state index is -0.985. The number of nitrogen functional groups attached to an aromatic ring is 1. The molecule has 0 heterocycles. The first kappa shape index (κ1) is 14.3. The van der Waals surface area contributed by atoms with Gasteiger partial charge in [0, 0.05) is 5.69 Å². The Morgan fingerprint density at radius 3 is 2.65 bits per heavy atom. The zero-order valence-electron chi connectivity index (χ0n) is 9.46. The molecule has 0 radical (unpaired) electrons. The third-order valence-corrected chi connectivity index (χ3v) is 3.91. The van der Waals surface area contributed by atoms with Gasteiger partial charge in [0.1, 0.15) is 5.75 Å². The standard InChI is InChI=1S/C11H13Br2NO3/c1-3-8(11(15)16)17-10-6(12)4-7(14)5(2)9(10)13/h4,8H,3,14H2,1-2H3,(H,15,16). The van der Waals surface area contributed by atoms with E-state index in [1.807, 2.05) is 6.92 Å². The van der Waals surface area contributed by atoms with Gasteiger partial charge in [-0.3, -0.25) is 0 Å². The summed E-state index contributed by atoms with van der Waals surface area (Å²) < 4.78 is 6.78. The van der Waals surface area contributed by atoms with Gasteiger partial charge in [0.05, 0.1) is 8.95 Å². The maximum Gasteiger partial charge on any atom is 0.344 e. The van der Waals surface area contributed by atoms with Crippen molar-refractivity contribution in [3.05, 3.63) is 20.6 Å². The number of carboxylic acid groups (broad SMARTS) is 1. The Morgan fingerprint density at radius 1 is 1.59 bits per heavy atom. The molecule has 0 spiro atoms. The Bertz CT molecular complexity index is 449. The smallest absolute Gasteiger partial charge is 0.344 e. The van der Waals surface area contributed by atoms with Crippen LogP contribution in [0.3, 0.4) is 0 Å². The van der Waals surface area contributed by atoms with Gasteiger partial charge in [0.2, 0.25) is 0 Å². The molecule has 1 rings (SSSR count). The van der Waals surface area contributed by atoms with Crippen LogP contribution in [0.25, 0.3) is 0 Å². The van der Waals surface area contributed by atoms with Gasteiger partial charge in [-0.05, 0) is 56.8 Å². The molecule has 17 heavy (non-hydrogen) atoms. The van der Waals surface area contributed by atoms with Gasteiger partial charge < -0.3 is 15.6 Å². The third kappa shape index (κ3) is 3.13. The molecule has 0 amide bonds. The van der Waals surface area contributed by atoms with E-state index in [2.05, 4.69) is 31.9 Å². The van der Waals surface area contributed by atoms with Crippen LogP contribution in [0.15, 0.2) is 15.0 Å². The second-order valence-corrected chi connectivity index (χ2v) is 5.22. The molecule has 1 aromatic rings. The molecule has 0 aliphatic heterocycles. The first-order valence-electron chi connectivity index (χ1n) is 5.02. The average molecular weight is 367 g/mol. The second kappa shape index (κ2) is 5.73. The lowest BCUT2D eigenvalue weighted by molar-refractivity contribution is -0.145. The third-order valence-electron chi connectivity index (χ3n) is 2.37. The number of rotatable bonds is 4. The van der Waals surface area contributed by atoms with E-state index in [0.717, 1.165) is 5.56 Å². The van der Waals surface area contributed by atoms with Crippen molar-refractivity contribution < 1.29 is 14.6 Å². The fourth-order valence-corrected chi connectivity index (χ4v) is 2.61. The van der Waals surface area contributed by atoms with Gasteiger partial charge in [0.25, 0.3) is 0 Å². The largest absolute Gasteiger partial charge is 0.479 e. The number of nitrogens with two attached hydrogens (primary N) is 1. The van der Waals surface area contributed by atoms with Crippen LogP contribution < -0.4 is 10.5 Å². The van der Waals surface area contributed by atoms with E-state index < -0.39 is 12.1 Å². The lowest BCUT2D eigenvalue weighted by Gasteiger charge is -2.17. The summed E-state index contributed by atoms with van der Waals surface area (Å²) in [6, 6.07) is 1.70. The highest BCUT2D eigenvalue weighted by atomic mass is 79.9. The summed E-state index contributed by atoms with van der Waals surface area (Å²) in [5.74, 6) is -0.522. The summed E-state index contributed by atoms with van der Waals surface area (Å²) in [5.41, 5.74) is 7.21. The first-order valence-corrected chi connectivity index (χ1v) is 6.60. The Labute approximate surface area is 116 Å². The Morgan fingerprint density at radius 2 is 2.18 bits per heavy atom.